The normalized spacial score (nSPS) is 21.3. The van der Waals surface area contributed by atoms with Gasteiger partial charge < -0.3 is 16.0 Å². The maximum Gasteiger partial charge on any atom is 0.222 e. The molecule has 0 saturated heterocycles. The van der Waals surface area contributed by atoms with Gasteiger partial charge in [-0.15, -0.1) is 12.4 Å². The van der Waals surface area contributed by atoms with Gasteiger partial charge >= 0.3 is 0 Å². The highest BCUT2D eigenvalue weighted by atomic mass is 35.5. The third kappa shape index (κ3) is 7.67. The average Bonchev–Trinajstić information content (AvgIpc) is 2.43. The highest BCUT2D eigenvalue weighted by Crippen LogP contribution is 2.17. The lowest BCUT2D eigenvalue weighted by atomic mass is 9.92. The molecule has 124 valence electrons. The van der Waals surface area contributed by atoms with Gasteiger partial charge in [-0.3, -0.25) is 9.59 Å². The van der Waals surface area contributed by atoms with Crippen LogP contribution in [0.3, 0.4) is 0 Å². The number of hydrogen-bond donors (Lipinski definition) is 2. The fraction of sp³-hybridized carbons (Fsp3) is 0.867. The Morgan fingerprint density at radius 3 is 2.19 bits per heavy atom. The lowest BCUT2D eigenvalue weighted by molar-refractivity contribution is -0.131. The van der Waals surface area contributed by atoms with Gasteiger partial charge in [0.25, 0.3) is 0 Å². The van der Waals surface area contributed by atoms with Gasteiger partial charge in [0.15, 0.2) is 0 Å². The maximum absolute atomic E-state index is 11.8. The fourth-order valence-electron chi connectivity index (χ4n) is 2.70. The Kier molecular flexibility index (Phi) is 10.4. The highest BCUT2D eigenvalue weighted by molar-refractivity contribution is 5.85. The third-order valence-corrected chi connectivity index (χ3v) is 4.05. The molecule has 0 aromatic rings. The zero-order valence-electron chi connectivity index (χ0n) is 13.3. The van der Waals surface area contributed by atoms with Crippen LogP contribution in [0.15, 0.2) is 0 Å². The van der Waals surface area contributed by atoms with Crippen molar-refractivity contribution in [2.24, 2.45) is 5.73 Å². The van der Waals surface area contributed by atoms with Crippen molar-refractivity contribution in [3.8, 4) is 0 Å². The van der Waals surface area contributed by atoms with Crippen LogP contribution >= 0.6 is 12.4 Å². The molecule has 0 unspecified atom stereocenters. The van der Waals surface area contributed by atoms with Crippen LogP contribution in [-0.2, 0) is 9.59 Å². The average molecular weight is 320 g/mol. The molecular weight excluding hydrogens is 290 g/mol. The molecule has 1 aliphatic rings. The molecule has 6 heteroatoms. The van der Waals surface area contributed by atoms with Crippen LogP contribution in [0.4, 0.5) is 0 Å². The number of halogens is 1. The van der Waals surface area contributed by atoms with E-state index in [1.54, 1.807) is 4.90 Å². The van der Waals surface area contributed by atoms with Gasteiger partial charge in [-0.2, -0.15) is 0 Å². The monoisotopic (exact) mass is 319 g/mol. The molecule has 1 saturated carbocycles. The van der Waals surface area contributed by atoms with E-state index in [1.807, 2.05) is 13.8 Å². The Morgan fingerprint density at radius 2 is 1.67 bits per heavy atom. The minimum absolute atomic E-state index is 0. The van der Waals surface area contributed by atoms with Crippen LogP contribution in [0.2, 0.25) is 0 Å². The van der Waals surface area contributed by atoms with Gasteiger partial charge in [-0.1, -0.05) is 0 Å². The van der Waals surface area contributed by atoms with Crippen LogP contribution < -0.4 is 11.1 Å². The van der Waals surface area contributed by atoms with Crippen molar-refractivity contribution in [3.05, 3.63) is 0 Å². The van der Waals surface area contributed by atoms with Gasteiger partial charge in [0.05, 0.1) is 0 Å². The lowest BCUT2D eigenvalue weighted by Gasteiger charge is -2.26. The summed E-state index contributed by atoms with van der Waals surface area (Å²) in [5.74, 6) is 0.212. The minimum Gasteiger partial charge on any atom is -0.353 e. The Bertz CT molecular complexity index is 314. The second-order valence-electron chi connectivity index (χ2n) is 5.60. The van der Waals surface area contributed by atoms with Crippen molar-refractivity contribution in [2.75, 3.05) is 13.1 Å². The van der Waals surface area contributed by atoms with E-state index >= 15 is 0 Å². The van der Waals surface area contributed by atoms with Crippen LogP contribution in [0, 0.1) is 0 Å². The van der Waals surface area contributed by atoms with E-state index < -0.39 is 0 Å². The summed E-state index contributed by atoms with van der Waals surface area (Å²) in [6, 6.07) is 0.579. The van der Waals surface area contributed by atoms with Gasteiger partial charge in [0, 0.05) is 38.0 Å². The molecule has 0 atom stereocenters. The Hall–Kier alpha value is -0.810. The van der Waals surface area contributed by atoms with Crippen molar-refractivity contribution < 1.29 is 9.59 Å². The van der Waals surface area contributed by atoms with E-state index in [4.69, 9.17) is 5.73 Å². The number of nitrogens with one attached hydrogen (secondary N) is 1. The quantitative estimate of drug-likeness (QED) is 0.751. The van der Waals surface area contributed by atoms with E-state index in [0.717, 1.165) is 38.8 Å². The Labute approximate surface area is 134 Å². The van der Waals surface area contributed by atoms with Crippen molar-refractivity contribution in [2.45, 2.75) is 70.9 Å². The first kappa shape index (κ1) is 20.2. The molecule has 0 bridgehead atoms. The first-order chi connectivity index (χ1) is 9.56. The number of amides is 2. The molecule has 21 heavy (non-hydrogen) atoms. The minimum atomic E-state index is 0. The fourth-order valence-corrected chi connectivity index (χ4v) is 2.70. The third-order valence-electron chi connectivity index (χ3n) is 4.05. The van der Waals surface area contributed by atoms with E-state index in [1.165, 1.54) is 0 Å². The summed E-state index contributed by atoms with van der Waals surface area (Å²) in [4.78, 5) is 25.4. The molecule has 3 N–H and O–H groups in total. The van der Waals surface area contributed by atoms with Crippen LogP contribution in [0.1, 0.15) is 58.8 Å². The van der Waals surface area contributed by atoms with Crippen molar-refractivity contribution >= 4 is 24.2 Å². The SMILES string of the molecule is CCN(CC)C(=O)CCCC(=O)NC1CCC(N)CC1.Cl. The zero-order chi connectivity index (χ0) is 15.0. The molecule has 2 amide bonds. The second kappa shape index (κ2) is 10.9. The first-order valence-corrected chi connectivity index (χ1v) is 7.89. The molecule has 1 aliphatic carbocycles. The molecule has 5 nitrogen and oxygen atoms in total. The second-order valence-corrected chi connectivity index (χ2v) is 5.60. The highest BCUT2D eigenvalue weighted by Gasteiger charge is 2.20. The summed E-state index contributed by atoms with van der Waals surface area (Å²) in [6.45, 7) is 5.43. The molecule has 1 rings (SSSR count). The molecule has 0 spiro atoms. The topological polar surface area (TPSA) is 75.4 Å². The van der Waals surface area contributed by atoms with E-state index in [-0.39, 0.29) is 30.3 Å². The summed E-state index contributed by atoms with van der Waals surface area (Å²) >= 11 is 0. The lowest BCUT2D eigenvalue weighted by Crippen LogP contribution is -2.40. The molecular formula is C15H30ClN3O2. The van der Waals surface area contributed by atoms with Crippen molar-refractivity contribution in [1.29, 1.82) is 0 Å². The number of carbonyl (C=O) groups is 2. The molecule has 0 aromatic heterocycles. The standard InChI is InChI=1S/C15H29N3O2.ClH/c1-3-18(4-2)15(20)7-5-6-14(19)17-13-10-8-12(16)9-11-13;/h12-13H,3-11,16H2,1-2H3,(H,17,19);1H. The predicted octanol–water partition coefficient (Wildman–Crippen LogP) is 1.83. The number of hydrogen-bond acceptors (Lipinski definition) is 3. The summed E-state index contributed by atoms with van der Waals surface area (Å²) in [5, 5.41) is 3.05. The Morgan fingerprint density at radius 1 is 1.10 bits per heavy atom. The first-order valence-electron chi connectivity index (χ1n) is 7.89. The van der Waals surface area contributed by atoms with Gasteiger partial charge in [-0.25, -0.2) is 0 Å². The molecule has 1 fully saturated rings. The number of nitrogens with zero attached hydrogens (tertiary/aromatic N) is 1. The maximum atomic E-state index is 11.8. The summed E-state index contributed by atoms with van der Waals surface area (Å²) in [5.41, 5.74) is 5.84. The van der Waals surface area contributed by atoms with E-state index in [9.17, 15) is 9.59 Å². The smallest absolute Gasteiger partial charge is 0.222 e. The van der Waals surface area contributed by atoms with Gasteiger partial charge in [-0.05, 0) is 46.0 Å². The summed E-state index contributed by atoms with van der Waals surface area (Å²) in [6.07, 6.45) is 5.47. The molecule has 0 aliphatic heterocycles. The van der Waals surface area contributed by atoms with Gasteiger partial charge in [0.1, 0.15) is 0 Å². The van der Waals surface area contributed by atoms with E-state index in [0.29, 0.717) is 25.3 Å². The summed E-state index contributed by atoms with van der Waals surface area (Å²) in [7, 11) is 0. The van der Waals surface area contributed by atoms with E-state index in [2.05, 4.69) is 5.32 Å². The Balaban J connectivity index is 0.00000400. The molecule has 0 heterocycles. The molecule has 0 aromatic carbocycles. The van der Waals surface area contributed by atoms with Crippen LogP contribution in [0.25, 0.3) is 0 Å². The number of rotatable bonds is 7. The largest absolute Gasteiger partial charge is 0.353 e. The van der Waals surface area contributed by atoms with Crippen LogP contribution in [0.5, 0.6) is 0 Å². The summed E-state index contributed by atoms with van der Waals surface area (Å²) < 4.78 is 0. The van der Waals surface area contributed by atoms with Crippen molar-refractivity contribution in [1.82, 2.24) is 10.2 Å². The van der Waals surface area contributed by atoms with Crippen LogP contribution in [-0.4, -0.2) is 41.9 Å². The van der Waals surface area contributed by atoms with Gasteiger partial charge in [0.2, 0.25) is 11.8 Å². The number of carbonyl (C=O) groups excluding carboxylic acids is 2. The number of nitrogens with two attached hydrogens (primary N) is 1. The zero-order valence-corrected chi connectivity index (χ0v) is 14.1. The molecule has 0 radical (unpaired) electrons. The predicted molar refractivity (Wildman–Crippen MR) is 87.4 cm³/mol. The van der Waals surface area contributed by atoms with Crippen molar-refractivity contribution in [3.63, 3.8) is 0 Å².